The molecule has 1 fully saturated rings. The summed E-state index contributed by atoms with van der Waals surface area (Å²) >= 11 is 0. The van der Waals surface area contributed by atoms with Crippen molar-refractivity contribution in [3.05, 3.63) is 0 Å². The Balaban J connectivity index is 2.65. The van der Waals surface area contributed by atoms with Crippen molar-refractivity contribution in [3.63, 3.8) is 0 Å². The van der Waals surface area contributed by atoms with E-state index in [1.807, 2.05) is 39.5 Å². The standard InChI is InChI=1S/C13H25N3O3/c1-12(2,3)19-11(18)15-6-7-16(8-10(14)17)13(4,5)9-15/h6-9H2,1-5H3,(H2,14,17). The molecular weight excluding hydrogens is 246 g/mol. The van der Waals surface area contributed by atoms with Gasteiger partial charge in [0.05, 0.1) is 6.54 Å². The number of piperazine rings is 1. The third-order valence-electron chi connectivity index (χ3n) is 3.07. The first kappa shape index (κ1) is 15.8. The van der Waals surface area contributed by atoms with Gasteiger partial charge in [0.15, 0.2) is 0 Å². The van der Waals surface area contributed by atoms with Gasteiger partial charge in [0.1, 0.15) is 5.60 Å². The largest absolute Gasteiger partial charge is 0.444 e. The first-order chi connectivity index (χ1) is 8.51. The van der Waals surface area contributed by atoms with Crippen molar-refractivity contribution in [3.8, 4) is 0 Å². The number of nitrogens with two attached hydrogens (primary N) is 1. The quantitative estimate of drug-likeness (QED) is 0.806. The summed E-state index contributed by atoms with van der Waals surface area (Å²) in [6.45, 7) is 11.4. The summed E-state index contributed by atoms with van der Waals surface area (Å²) in [5, 5.41) is 0. The zero-order valence-electron chi connectivity index (χ0n) is 12.5. The molecule has 1 saturated heterocycles. The molecule has 0 saturated carbocycles. The lowest BCUT2D eigenvalue weighted by molar-refractivity contribution is -0.121. The first-order valence-electron chi connectivity index (χ1n) is 6.52. The highest BCUT2D eigenvalue weighted by atomic mass is 16.6. The fraction of sp³-hybridized carbons (Fsp3) is 0.846. The molecule has 6 heteroatoms. The van der Waals surface area contributed by atoms with Gasteiger partial charge in [-0.05, 0) is 34.6 Å². The molecule has 19 heavy (non-hydrogen) atoms. The Bertz CT molecular complexity index is 361. The van der Waals surface area contributed by atoms with Gasteiger partial charge in [0, 0.05) is 25.2 Å². The first-order valence-corrected chi connectivity index (χ1v) is 6.52. The topological polar surface area (TPSA) is 75.9 Å². The lowest BCUT2D eigenvalue weighted by atomic mass is 9.99. The fourth-order valence-corrected chi connectivity index (χ4v) is 2.15. The molecule has 0 aromatic rings. The maximum atomic E-state index is 12.0. The molecular formula is C13H25N3O3. The van der Waals surface area contributed by atoms with Crippen molar-refractivity contribution < 1.29 is 14.3 Å². The van der Waals surface area contributed by atoms with E-state index in [1.54, 1.807) is 4.90 Å². The highest BCUT2D eigenvalue weighted by molar-refractivity contribution is 5.76. The molecule has 2 N–H and O–H groups in total. The fourth-order valence-electron chi connectivity index (χ4n) is 2.15. The second-order valence-electron chi connectivity index (χ2n) is 6.60. The Kier molecular flexibility index (Phi) is 4.45. The van der Waals surface area contributed by atoms with Crippen LogP contribution in [0.1, 0.15) is 34.6 Å². The number of rotatable bonds is 2. The average molecular weight is 271 g/mol. The van der Waals surface area contributed by atoms with E-state index < -0.39 is 5.60 Å². The van der Waals surface area contributed by atoms with Crippen LogP contribution in [0.4, 0.5) is 4.79 Å². The number of amides is 2. The van der Waals surface area contributed by atoms with E-state index in [0.29, 0.717) is 19.6 Å². The maximum absolute atomic E-state index is 12.0. The SMILES string of the molecule is CC(C)(C)OC(=O)N1CCN(CC(N)=O)C(C)(C)C1. The van der Waals surface area contributed by atoms with Gasteiger partial charge in [-0.2, -0.15) is 0 Å². The zero-order chi connectivity index (χ0) is 14.8. The van der Waals surface area contributed by atoms with Gasteiger partial charge < -0.3 is 15.4 Å². The van der Waals surface area contributed by atoms with E-state index in [-0.39, 0.29) is 24.1 Å². The van der Waals surface area contributed by atoms with Crippen LogP contribution in [0.15, 0.2) is 0 Å². The molecule has 1 aliphatic rings. The van der Waals surface area contributed by atoms with Gasteiger partial charge in [-0.1, -0.05) is 0 Å². The van der Waals surface area contributed by atoms with Gasteiger partial charge in [-0.25, -0.2) is 4.79 Å². The van der Waals surface area contributed by atoms with Gasteiger partial charge in [-0.15, -0.1) is 0 Å². The van der Waals surface area contributed by atoms with E-state index in [9.17, 15) is 9.59 Å². The molecule has 1 aliphatic heterocycles. The Morgan fingerprint density at radius 2 is 1.84 bits per heavy atom. The van der Waals surface area contributed by atoms with Crippen molar-refractivity contribution in [1.29, 1.82) is 0 Å². The van der Waals surface area contributed by atoms with Crippen molar-refractivity contribution >= 4 is 12.0 Å². The molecule has 0 aromatic heterocycles. The summed E-state index contributed by atoms with van der Waals surface area (Å²) in [4.78, 5) is 26.7. The number of primary amides is 1. The molecule has 1 rings (SSSR count). The predicted molar refractivity (Wildman–Crippen MR) is 72.7 cm³/mol. The molecule has 0 aromatic carbocycles. The molecule has 0 aliphatic carbocycles. The van der Waals surface area contributed by atoms with E-state index in [4.69, 9.17) is 10.5 Å². The second kappa shape index (κ2) is 5.36. The van der Waals surface area contributed by atoms with Crippen LogP contribution in [0.5, 0.6) is 0 Å². The number of carbonyl (C=O) groups excluding carboxylic acids is 2. The van der Waals surface area contributed by atoms with Gasteiger partial charge in [0.25, 0.3) is 0 Å². The summed E-state index contributed by atoms with van der Waals surface area (Å²) in [6, 6.07) is 0. The third kappa shape index (κ3) is 4.70. The van der Waals surface area contributed by atoms with Crippen LogP contribution in [0.2, 0.25) is 0 Å². The monoisotopic (exact) mass is 271 g/mol. The normalized spacial score (nSPS) is 20.2. The molecule has 0 atom stereocenters. The minimum absolute atomic E-state index is 0.217. The molecule has 110 valence electrons. The summed E-state index contributed by atoms with van der Waals surface area (Å²) in [5.41, 5.74) is 4.45. The molecule has 2 amide bonds. The maximum Gasteiger partial charge on any atom is 0.410 e. The minimum Gasteiger partial charge on any atom is -0.444 e. The van der Waals surface area contributed by atoms with Crippen LogP contribution in [0, 0.1) is 0 Å². The highest BCUT2D eigenvalue weighted by Crippen LogP contribution is 2.22. The Hall–Kier alpha value is -1.30. The Morgan fingerprint density at radius 3 is 2.26 bits per heavy atom. The van der Waals surface area contributed by atoms with Crippen LogP contribution in [0.25, 0.3) is 0 Å². The van der Waals surface area contributed by atoms with Crippen LogP contribution in [-0.2, 0) is 9.53 Å². The van der Waals surface area contributed by atoms with E-state index in [0.717, 1.165) is 0 Å². The summed E-state index contributed by atoms with van der Waals surface area (Å²) < 4.78 is 5.36. The molecule has 0 unspecified atom stereocenters. The van der Waals surface area contributed by atoms with Crippen LogP contribution in [0.3, 0.4) is 0 Å². The van der Waals surface area contributed by atoms with E-state index in [2.05, 4.69) is 0 Å². The lowest BCUT2D eigenvalue weighted by Crippen LogP contribution is -2.62. The number of carbonyl (C=O) groups is 2. The molecule has 1 heterocycles. The zero-order valence-corrected chi connectivity index (χ0v) is 12.5. The summed E-state index contributed by atoms with van der Waals surface area (Å²) in [7, 11) is 0. The van der Waals surface area contributed by atoms with Crippen molar-refractivity contribution in [2.45, 2.75) is 45.8 Å². The number of nitrogens with zero attached hydrogens (tertiary/aromatic N) is 2. The van der Waals surface area contributed by atoms with Crippen molar-refractivity contribution in [2.24, 2.45) is 5.73 Å². The molecule has 0 spiro atoms. The number of hydrogen-bond donors (Lipinski definition) is 1. The van der Waals surface area contributed by atoms with Gasteiger partial charge >= 0.3 is 6.09 Å². The molecule has 6 nitrogen and oxygen atoms in total. The van der Waals surface area contributed by atoms with Crippen molar-refractivity contribution in [2.75, 3.05) is 26.2 Å². The smallest absolute Gasteiger partial charge is 0.410 e. The summed E-state index contributed by atoms with van der Waals surface area (Å²) in [6.07, 6.45) is -0.306. The van der Waals surface area contributed by atoms with Crippen LogP contribution >= 0.6 is 0 Å². The number of ether oxygens (including phenoxy) is 1. The van der Waals surface area contributed by atoms with Gasteiger partial charge in [-0.3, -0.25) is 9.69 Å². The van der Waals surface area contributed by atoms with E-state index >= 15 is 0 Å². The lowest BCUT2D eigenvalue weighted by Gasteiger charge is -2.46. The number of hydrogen-bond acceptors (Lipinski definition) is 4. The predicted octanol–water partition coefficient (Wildman–Crippen LogP) is 0.803. The highest BCUT2D eigenvalue weighted by Gasteiger charge is 2.37. The average Bonchev–Trinajstić information content (AvgIpc) is 2.17. The minimum atomic E-state index is -0.494. The second-order valence-corrected chi connectivity index (χ2v) is 6.60. The Morgan fingerprint density at radius 1 is 1.26 bits per heavy atom. The molecule has 0 bridgehead atoms. The Labute approximate surface area is 114 Å². The third-order valence-corrected chi connectivity index (χ3v) is 3.07. The summed E-state index contributed by atoms with van der Waals surface area (Å²) in [5.74, 6) is -0.348. The van der Waals surface area contributed by atoms with Crippen LogP contribution < -0.4 is 5.73 Å². The molecule has 0 radical (unpaired) electrons. The van der Waals surface area contributed by atoms with Crippen LogP contribution in [-0.4, -0.2) is 59.1 Å². The van der Waals surface area contributed by atoms with Gasteiger partial charge in [0.2, 0.25) is 5.91 Å². The van der Waals surface area contributed by atoms with E-state index in [1.165, 1.54) is 0 Å². The van der Waals surface area contributed by atoms with Crippen molar-refractivity contribution in [1.82, 2.24) is 9.80 Å².